The molecule has 0 heterocycles. The molecule has 3 heteroatoms. The fraction of sp³-hybridized carbons (Fsp3) is 0.923. The summed E-state index contributed by atoms with van der Waals surface area (Å²) >= 11 is 0. The van der Waals surface area contributed by atoms with Gasteiger partial charge >= 0.3 is 0 Å². The molecule has 16 heavy (non-hydrogen) atoms. The van der Waals surface area contributed by atoms with E-state index in [2.05, 4.69) is 17.6 Å². The van der Waals surface area contributed by atoms with Crippen molar-refractivity contribution in [2.45, 2.75) is 65.0 Å². The summed E-state index contributed by atoms with van der Waals surface area (Å²) in [6.07, 6.45) is 6.44. The lowest BCUT2D eigenvalue weighted by atomic mass is 9.83. The van der Waals surface area contributed by atoms with E-state index in [0.717, 1.165) is 5.92 Å². The zero-order chi connectivity index (χ0) is 12.0. The number of hydrogen-bond acceptors (Lipinski definition) is 2. The molecular weight excluding hydrogens is 200 g/mol. The van der Waals surface area contributed by atoms with Gasteiger partial charge in [-0.15, -0.1) is 0 Å². The summed E-state index contributed by atoms with van der Waals surface area (Å²) in [4.78, 5) is 11.5. The van der Waals surface area contributed by atoms with Gasteiger partial charge in [0.2, 0.25) is 5.91 Å². The van der Waals surface area contributed by atoms with Crippen LogP contribution >= 0.6 is 0 Å². The van der Waals surface area contributed by atoms with Gasteiger partial charge in [-0.25, -0.2) is 0 Å². The number of carbonyl (C=O) groups excluding carboxylic acids is 1. The Morgan fingerprint density at radius 2 is 2.00 bits per heavy atom. The lowest BCUT2D eigenvalue weighted by Gasteiger charge is -2.31. The van der Waals surface area contributed by atoms with E-state index in [1.54, 1.807) is 0 Å². The highest BCUT2D eigenvalue weighted by atomic mass is 16.1. The maximum Gasteiger partial charge on any atom is 0.234 e. The highest BCUT2D eigenvalue weighted by Crippen LogP contribution is 2.26. The van der Waals surface area contributed by atoms with Crippen molar-refractivity contribution in [2.75, 3.05) is 6.54 Å². The van der Waals surface area contributed by atoms with Crippen molar-refractivity contribution in [1.82, 2.24) is 10.6 Å². The largest absolute Gasteiger partial charge is 0.353 e. The zero-order valence-electron chi connectivity index (χ0n) is 10.9. The van der Waals surface area contributed by atoms with Crippen molar-refractivity contribution in [1.29, 1.82) is 0 Å². The van der Waals surface area contributed by atoms with Crippen molar-refractivity contribution < 1.29 is 4.79 Å². The van der Waals surface area contributed by atoms with Crippen LogP contribution in [0.3, 0.4) is 0 Å². The number of carbonyl (C=O) groups is 1. The molecular formula is C13H26N2O. The minimum atomic E-state index is 0.121. The lowest BCUT2D eigenvalue weighted by molar-refractivity contribution is -0.120. The molecule has 1 fully saturated rings. The Bertz CT molecular complexity index is 216. The van der Waals surface area contributed by atoms with Crippen LogP contribution in [0.1, 0.15) is 52.9 Å². The average Bonchev–Trinajstić information content (AvgIpc) is 2.26. The number of nitrogens with one attached hydrogen (secondary N) is 2. The van der Waals surface area contributed by atoms with E-state index in [9.17, 15) is 4.79 Å². The Balaban J connectivity index is 2.27. The number of hydrogen-bond donors (Lipinski definition) is 2. The van der Waals surface area contributed by atoms with Crippen LogP contribution in [-0.4, -0.2) is 24.5 Å². The summed E-state index contributed by atoms with van der Waals surface area (Å²) < 4.78 is 0. The number of amides is 1. The van der Waals surface area contributed by atoms with Gasteiger partial charge in [-0.2, -0.15) is 0 Å². The van der Waals surface area contributed by atoms with Gasteiger partial charge in [0.25, 0.3) is 0 Å². The Hall–Kier alpha value is -0.570. The van der Waals surface area contributed by atoms with E-state index in [0.29, 0.717) is 12.6 Å². The van der Waals surface area contributed by atoms with Crippen LogP contribution in [0, 0.1) is 5.92 Å². The van der Waals surface area contributed by atoms with Crippen LogP contribution in [0.5, 0.6) is 0 Å². The number of rotatable bonds is 5. The molecule has 0 aromatic heterocycles. The lowest BCUT2D eigenvalue weighted by Crippen LogP contribution is -2.45. The van der Waals surface area contributed by atoms with Crippen molar-refractivity contribution in [3.63, 3.8) is 0 Å². The van der Waals surface area contributed by atoms with Gasteiger partial charge in [-0.3, -0.25) is 4.79 Å². The van der Waals surface area contributed by atoms with Crippen LogP contribution in [0.2, 0.25) is 0 Å². The maximum atomic E-state index is 11.5. The van der Waals surface area contributed by atoms with E-state index in [4.69, 9.17) is 0 Å². The molecule has 2 atom stereocenters. The van der Waals surface area contributed by atoms with Crippen molar-refractivity contribution in [3.05, 3.63) is 0 Å². The monoisotopic (exact) mass is 226 g/mol. The molecule has 0 saturated heterocycles. The molecule has 94 valence electrons. The van der Waals surface area contributed by atoms with Gasteiger partial charge in [-0.05, 0) is 32.6 Å². The molecule has 1 rings (SSSR count). The summed E-state index contributed by atoms with van der Waals surface area (Å²) in [5.74, 6) is 0.885. The van der Waals surface area contributed by atoms with Gasteiger partial charge < -0.3 is 10.6 Å². The molecule has 0 radical (unpaired) electrons. The van der Waals surface area contributed by atoms with Crippen LogP contribution in [-0.2, 0) is 4.79 Å². The van der Waals surface area contributed by atoms with Crippen molar-refractivity contribution in [2.24, 2.45) is 5.92 Å². The third kappa shape index (κ3) is 4.52. The molecule has 3 nitrogen and oxygen atoms in total. The normalized spacial score (nSPS) is 25.8. The van der Waals surface area contributed by atoms with Gasteiger partial charge in [0, 0.05) is 12.1 Å². The molecule has 0 spiro atoms. The van der Waals surface area contributed by atoms with Crippen LogP contribution in [0.4, 0.5) is 0 Å². The van der Waals surface area contributed by atoms with Crippen LogP contribution in [0.15, 0.2) is 0 Å². The summed E-state index contributed by atoms with van der Waals surface area (Å²) in [5, 5.41) is 6.33. The molecule has 1 aliphatic carbocycles. The topological polar surface area (TPSA) is 41.1 Å². The smallest absolute Gasteiger partial charge is 0.234 e. The highest BCUT2D eigenvalue weighted by molar-refractivity contribution is 5.78. The van der Waals surface area contributed by atoms with Gasteiger partial charge in [0.15, 0.2) is 0 Å². The molecule has 2 unspecified atom stereocenters. The SMILES string of the molecule is CCC1CCCCC1NCC(=O)NC(C)C. The molecule has 0 bridgehead atoms. The summed E-state index contributed by atoms with van der Waals surface area (Å²) in [6.45, 7) is 6.71. The molecule has 1 saturated carbocycles. The van der Waals surface area contributed by atoms with E-state index in [1.165, 1.54) is 32.1 Å². The third-order valence-electron chi connectivity index (χ3n) is 3.41. The maximum absolute atomic E-state index is 11.5. The molecule has 1 amide bonds. The van der Waals surface area contributed by atoms with Crippen molar-refractivity contribution in [3.8, 4) is 0 Å². The second kappa shape index (κ2) is 6.89. The second-order valence-corrected chi connectivity index (χ2v) is 5.16. The first-order valence-electron chi connectivity index (χ1n) is 6.66. The minimum absolute atomic E-state index is 0.121. The predicted molar refractivity (Wildman–Crippen MR) is 67.3 cm³/mol. The Labute approximate surface area is 99.4 Å². The fourth-order valence-corrected chi connectivity index (χ4v) is 2.56. The quantitative estimate of drug-likeness (QED) is 0.753. The summed E-state index contributed by atoms with van der Waals surface area (Å²) in [5.41, 5.74) is 0. The van der Waals surface area contributed by atoms with E-state index >= 15 is 0 Å². The average molecular weight is 226 g/mol. The van der Waals surface area contributed by atoms with Crippen molar-refractivity contribution >= 4 is 5.91 Å². The summed E-state index contributed by atoms with van der Waals surface area (Å²) in [7, 11) is 0. The molecule has 1 aliphatic rings. The fourth-order valence-electron chi connectivity index (χ4n) is 2.56. The molecule has 0 aromatic carbocycles. The first kappa shape index (κ1) is 13.5. The van der Waals surface area contributed by atoms with Gasteiger partial charge in [-0.1, -0.05) is 26.2 Å². The van der Waals surface area contributed by atoms with Crippen LogP contribution in [0.25, 0.3) is 0 Å². The Morgan fingerprint density at radius 1 is 1.31 bits per heavy atom. The second-order valence-electron chi connectivity index (χ2n) is 5.16. The van der Waals surface area contributed by atoms with E-state index in [1.807, 2.05) is 13.8 Å². The highest BCUT2D eigenvalue weighted by Gasteiger charge is 2.23. The van der Waals surface area contributed by atoms with Gasteiger partial charge in [0.1, 0.15) is 0 Å². The molecule has 0 aromatic rings. The Kier molecular flexibility index (Phi) is 5.81. The van der Waals surface area contributed by atoms with Crippen LogP contribution < -0.4 is 10.6 Å². The Morgan fingerprint density at radius 3 is 2.62 bits per heavy atom. The minimum Gasteiger partial charge on any atom is -0.353 e. The predicted octanol–water partition coefficient (Wildman–Crippen LogP) is 2.07. The van der Waals surface area contributed by atoms with E-state index in [-0.39, 0.29) is 11.9 Å². The molecule has 0 aliphatic heterocycles. The van der Waals surface area contributed by atoms with E-state index < -0.39 is 0 Å². The van der Waals surface area contributed by atoms with Gasteiger partial charge in [0.05, 0.1) is 6.54 Å². The zero-order valence-corrected chi connectivity index (χ0v) is 10.9. The first-order valence-corrected chi connectivity index (χ1v) is 6.66. The first-order chi connectivity index (χ1) is 7.63. The molecule has 2 N–H and O–H groups in total. The third-order valence-corrected chi connectivity index (χ3v) is 3.41. The summed E-state index contributed by atoms with van der Waals surface area (Å²) in [6, 6.07) is 0.791. The standard InChI is InChI=1S/C13H26N2O/c1-4-11-7-5-6-8-12(11)14-9-13(16)15-10(2)3/h10-12,14H,4-9H2,1-3H3,(H,15,16).